The van der Waals surface area contributed by atoms with Gasteiger partial charge in [0, 0.05) is 16.1 Å². The molecule has 25 heavy (non-hydrogen) atoms. The van der Waals surface area contributed by atoms with E-state index in [0.29, 0.717) is 16.6 Å². The van der Waals surface area contributed by atoms with Crippen LogP contribution in [0.2, 0.25) is 0 Å². The van der Waals surface area contributed by atoms with E-state index in [1.807, 2.05) is 31.2 Å². The molecule has 1 N–H and O–H groups in total. The second kappa shape index (κ2) is 6.91. The largest absolute Gasteiger partial charge is 0.336 e. The molecule has 0 radical (unpaired) electrons. The predicted octanol–water partition coefficient (Wildman–Crippen LogP) is 3.58. The Morgan fingerprint density at radius 2 is 2.04 bits per heavy atom. The Labute approximate surface area is 152 Å². The number of nitrogens with zero attached hydrogens (tertiary/aromatic N) is 2. The summed E-state index contributed by atoms with van der Waals surface area (Å²) < 4.78 is 2.41. The highest BCUT2D eigenvalue weighted by atomic mass is 79.9. The molecule has 1 amide bonds. The molecule has 0 atom stereocenters. The van der Waals surface area contributed by atoms with Crippen molar-refractivity contribution in [3.8, 4) is 6.07 Å². The molecule has 0 saturated carbocycles. The Morgan fingerprint density at radius 1 is 1.28 bits per heavy atom. The van der Waals surface area contributed by atoms with Gasteiger partial charge < -0.3 is 9.88 Å². The molecule has 0 bridgehead atoms. The van der Waals surface area contributed by atoms with E-state index in [1.54, 1.807) is 28.8 Å². The lowest BCUT2D eigenvalue weighted by molar-refractivity contribution is -0.116. The summed E-state index contributed by atoms with van der Waals surface area (Å²) in [6.07, 6.45) is 1.43. The fraction of sp³-hybridized carbons (Fsp3) is 0.105. The number of rotatable bonds is 3. The number of nitrogens with one attached hydrogen (secondary N) is 1. The van der Waals surface area contributed by atoms with Gasteiger partial charge in [0.05, 0.1) is 11.2 Å². The maximum atomic E-state index is 12.4. The molecule has 1 heterocycles. The summed E-state index contributed by atoms with van der Waals surface area (Å²) in [4.78, 5) is 24.7. The van der Waals surface area contributed by atoms with E-state index in [1.165, 1.54) is 6.20 Å². The molecular formula is C19H14BrN3O2. The van der Waals surface area contributed by atoms with Crippen LogP contribution in [-0.4, -0.2) is 10.5 Å². The molecular weight excluding hydrogens is 382 g/mol. The molecule has 2 aromatic carbocycles. The van der Waals surface area contributed by atoms with E-state index in [9.17, 15) is 9.59 Å². The number of aromatic nitrogens is 1. The number of aryl methyl sites for hydroxylation is 1. The quantitative estimate of drug-likeness (QED) is 0.736. The number of nitriles is 1. The van der Waals surface area contributed by atoms with E-state index in [0.717, 1.165) is 10.0 Å². The summed E-state index contributed by atoms with van der Waals surface area (Å²) in [5.41, 5.74) is 2.06. The van der Waals surface area contributed by atoms with Crippen LogP contribution in [0.1, 0.15) is 11.1 Å². The Hall–Kier alpha value is -2.91. The minimum Gasteiger partial charge on any atom is -0.336 e. The molecule has 6 heteroatoms. The molecule has 5 nitrogen and oxygen atoms in total. The summed E-state index contributed by atoms with van der Waals surface area (Å²) in [6.45, 7) is 1.96. The first-order chi connectivity index (χ1) is 12.0. The average Bonchev–Trinajstić information content (AvgIpc) is 2.60. The first-order valence-corrected chi connectivity index (χ1v) is 8.37. The van der Waals surface area contributed by atoms with Gasteiger partial charge in [-0.1, -0.05) is 18.2 Å². The Morgan fingerprint density at radius 3 is 2.76 bits per heavy atom. The van der Waals surface area contributed by atoms with Crippen LogP contribution in [0, 0.1) is 18.3 Å². The summed E-state index contributed by atoms with van der Waals surface area (Å²) in [5.74, 6) is -0.248. The molecule has 3 rings (SSSR count). The Bertz CT molecular complexity index is 1080. The zero-order valence-corrected chi connectivity index (χ0v) is 15.0. The molecule has 0 aliphatic heterocycles. The highest BCUT2D eigenvalue weighted by molar-refractivity contribution is 9.10. The molecule has 0 unspecified atom stereocenters. The van der Waals surface area contributed by atoms with Crippen molar-refractivity contribution in [2.75, 3.05) is 5.32 Å². The van der Waals surface area contributed by atoms with Crippen LogP contribution in [0.4, 0.5) is 5.69 Å². The molecule has 0 spiro atoms. The number of hydrogen-bond acceptors (Lipinski definition) is 3. The Balaban J connectivity index is 1.95. The zero-order chi connectivity index (χ0) is 18.0. The normalized spacial score (nSPS) is 10.4. The van der Waals surface area contributed by atoms with Gasteiger partial charge in [-0.3, -0.25) is 9.59 Å². The SMILES string of the molecule is Cc1ccc(NC(=O)Cn2cc(C#N)c(=O)c3ccccc32)c(Br)c1. The molecule has 0 saturated heterocycles. The number of hydrogen-bond donors (Lipinski definition) is 1. The standard InChI is InChI=1S/C19H14BrN3O2/c1-12-6-7-16(15(20)8-12)22-18(24)11-23-10-13(9-21)19(25)14-4-2-3-5-17(14)23/h2-8,10H,11H2,1H3,(H,22,24). The predicted molar refractivity (Wildman–Crippen MR) is 100 cm³/mol. The topological polar surface area (TPSA) is 74.9 Å². The molecule has 0 aliphatic rings. The number of benzene rings is 2. The third kappa shape index (κ3) is 3.47. The van der Waals surface area contributed by atoms with Crippen molar-refractivity contribution in [2.45, 2.75) is 13.5 Å². The van der Waals surface area contributed by atoms with Crippen LogP contribution >= 0.6 is 15.9 Å². The van der Waals surface area contributed by atoms with Crippen molar-refractivity contribution >= 4 is 38.4 Å². The first-order valence-electron chi connectivity index (χ1n) is 7.58. The maximum absolute atomic E-state index is 12.4. The van der Waals surface area contributed by atoms with Crippen molar-refractivity contribution in [1.82, 2.24) is 4.57 Å². The van der Waals surface area contributed by atoms with Crippen LogP contribution in [0.3, 0.4) is 0 Å². The van der Waals surface area contributed by atoms with Gasteiger partial charge in [-0.25, -0.2) is 0 Å². The van der Waals surface area contributed by atoms with Gasteiger partial charge in [-0.15, -0.1) is 0 Å². The zero-order valence-electron chi connectivity index (χ0n) is 13.4. The monoisotopic (exact) mass is 395 g/mol. The average molecular weight is 396 g/mol. The Kier molecular flexibility index (Phi) is 4.68. The summed E-state index contributed by atoms with van der Waals surface area (Å²) >= 11 is 3.43. The lowest BCUT2D eigenvalue weighted by Crippen LogP contribution is -2.21. The molecule has 124 valence electrons. The summed E-state index contributed by atoms with van der Waals surface area (Å²) in [7, 11) is 0. The lowest BCUT2D eigenvalue weighted by Gasteiger charge is -2.13. The molecule has 0 aliphatic carbocycles. The minimum atomic E-state index is -0.323. The van der Waals surface area contributed by atoms with Crippen LogP contribution in [-0.2, 0) is 11.3 Å². The fourth-order valence-electron chi connectivity index (χ4n) is 2.62. The van der Waals surface area contributed by atoms with E-state index >= 15 is 0 Å². The number of fused-ring (bicyclic) bond motifs is 1. The third-order valence-corrected chi connectivity index (χ3v) is 4.48. The number of amides is 1. The van der Waals surface area contributed by atoms with Gasteiger partial charge in [-0.2, -0.15) is 5.26 Å². The summed E-state index contributed by atoms with van der Waals surface area (Å²) in [6, 6.07) is 14.5. The van der Waals surface area contributed by atoms with Crippen LogP contribution in [0.5, 0.6) is 0 Å². The van der Waals surface area contributed by atoms with Gasteiger partial charge in [0.25, 0.3) is 0 Å². The van der Waals surface area contributed by atoms with E-state index < -0.39 is 0 Å². The number of halogens is 1. The highest BCUT2D eigenvalue weighted by Gasteiger charge is 2.12. The third-order valence-electron chi connectivity index (χ3n) is 3.82. The second-order valence-electron chi connectivity index (χ2n) is 5.66. The van der Waals surface area contributed by atoms with Gasteiger partial charge in [-0.05, 0) is 52.7 Å². The fourth-order valence-corrected chi connectivity index (χ4v) is 3.21. The van der Waals surface area contributed by atoms with Crippen LogP contribution < -0.4 is 10.7 Å². The van der Waals surface area contributed by atoms with Crippen LogP contribution in [0.15, 0.2) is 57.9 Å². The number of pyridine rings is 1. The maximum Gasteiger partial charge on any atom is 0.244 e. The minimum absolute atomic E-state index is 0.00418. The molecule has 1 aromatic heterocycles. The lowest BCUT2D eigenvalue weighted by atomic mass is 10.1. The van der Waals surface area contributed by atoms with E-state index in [2.05, 4.69) is 21.2 Å². The van der Waals surface area contributed by atoms with Crippen molar-refractivity contribution in [3.05, 3.63) is 74.5 Å². The number of carbonyl (C=O) groups excluding carboxylic acids is 1. The molecule has 0 fully saturated rings. The summed E-state index contributed by atoms with van der Waals surface area (Å²) in [5, 5.41) is 12.4. The second-order valence-corrected chi connectivity index (χ2v) is 6.51. The van der Waals surface area contributed by atoms with Crippen molar-refractivity contribution in [1.29, 1.82) is 5.26 Å². The first kappa shape index (κ1) is 16.9. The van der Waals surface area contributed by atoms with Crippen molar-refractivity contribution in [2.24, 2.45) is 0 Å². The van der Waals surface area contributed by atoms with Gasteiger partial charge in [0.15, 0.2) is 0 Å². The van der Waals surface area contributed by atoms with Crippen molar-refractivity contribution in [3.63, 3.8) is 0 Å². The van der Waals surface area contributed by atoms with E-state index in [4.69, 9.17) is 5.26 Å². The van der Waals surface area contributed by atoms with Gasteiger partial charge >= 0.3 is 0 Å². The van der Waals surface area contributed by atoms with Gasteiger partial charge in [0.2, 0.25) is 11.3 Å². The van der Waals surface area contributed by atoms with Crippen LogP contribution in [0.25, 0.3) is 10.9 Å². The van der Waals surface area contributed by atoms with E-state index in [-0.39, 0.29) is 23.4 Å². The van der Waals surface area contributed by atoms with Gasteiger partial charge in [0.1, 0.15) is 18.2 Å². The number of carbonyl (C=O) groups is 1. The van der Waals surface area contributed by atoms with Crippen molar-refractivity contribution < 1.29 is 4.79 Å². The smallest absolute Gasteiger partial charge is 0.244 e. The number of anilines is 1. The number of para-hydroxylation sites is 1. The molecule has 3 aromatic rings. The highest BCUT2D eigenvalue weighted by Crippen LogP contribution is 2.23.